The first-order chi connectivity index (χ1) is 18.5. The van der Waals surface area contributed by atoms with Gasteiger partial charge in [-0.15, -0.1) is 69.1 Å². The van der Waals surface area contributed by atoms with Gasteiger partial charge in [0.2, 0.25) is 0 Å². The first kappa shape index (κ1) is 31.9. The Morgan fingerprint density at radius 2 is 1.00 bits per heavy atom. The average molecular weight is 643 g/mol. The quantitative estimate of drug-likeness (QED) is 0.151. The van der Waals surface area contributed by atoms with Gasteiger partial charge in [0.05, 0.1) is 0 Å². The van der Waals surface area contributed by atoms with Gasteiger partial charge in [-0.2, -0.15) is 12.1 Å². The standard InChI is InChI=1S/2C16H19.C2H6Si.2ClH.Zr/c2*1-12-10-14-8-5-9-15(16(14)11-12)13-6-3-2-4-7-13;1-3-2;;;/h2*5,8-11,13H,2-4,6-7H2,1H3;1-2H3;2*1H;/q2*-1;;;;+4/p-2. The topological polar surface area (TPSA) is 0 Å². The molecule has 4 aromatic carbocycles. The van der Waals surface area contributed by atoms with Crippen molar-refractivity contribution in [1.29, 1.82) is 0 Å². The van der Waals surface area contributed by atoms with E-state index in [0.717, 1.165) is 21.4 Å². The molecule has 0 nitrogen and oxygen atoms in total. The van der Waals surface area contributed by atoms with Crippen LogP contribution in [0.15, 0.2) is 60.7 Å². The third-order valence-electron chi connectivity index (χ3n) is 7.95. The van der Waals surface area contributed by atoms with Crippen LogP contribution in [0.3, 0.4) is 0 Å². The van der Waals surface area contributed by atoms with Crippen LogP contribution in [0.25, 0.3) is 21.5 Å². The number of hydrogen-bond donors (Lipinski definition) is 0. The van der Waals surface area contributed by atoms with Crippen molar-refractivity contribution in [1.82, 2.24) is 0 Å². The molecule has 0 aromatic heterocycles. The van der Waals surface area contributed by atoms with Crippen molar-refractivity contribution in [3.05, 3.63) is 82.9 Å². The molecule has 38 heavy (non-hydrogen) atoms. The van der Waals surface area contributed by atoms with Crippen molar-refractivity contribution in [2.75, 3.05) is 0 Å². The molecule has 0 aliphatic heterocycles. The average Bonchev–Trinajstić information content (AvgIpc) is 3.51. The van der Waals surface area contributed by atoms with Gasteiger partial charge < -0.3 is 0 Å². The molecule has 0 atom stereocenters. The second kappa shape index (κ2) is 17.2. The van der Waals surface area contributed by atoms with Crippen LogP contribution in [0.2, 0.25) is 13.1 Å². The molecule has 202 valence electrons. The van der Waals surface area contributed by atoms with Crippen molar-refractivity contribution in [3.63, 3.8) is 0 Å². The van der Waals surface area contributed by atoms with Crippen LogP contribution in [0, 0.1) is 13.8 Å². The maximum absolute atomic E-state index is 4.93. The summed E-state index contributed by atoms with van der Waals surface area (Å²) in [4.78, 5) is 0. The van der Waals surface area contributed by atoms with Crippen molar-refractivity contribution >= 4 is 48.1 Å². The molecule has 0 spiro atoms. The monoisotopic (exact) mass is 640 g/mol. The first-order valence-corrected chi connectivity index (χ1v) is 22.7. The van der Waals surface area contributed by atoms with Crippen LogP contribution in [0.1, 0.15) is 98.3 Å². The molecule has 2 fully saturated rings. The Hall–Kier alpha value is -0.660. The molecule has 6 rings (SSSR count). The molecule has 0 heterocycles. The summed E-state index contributed by atoms with van der Waals surface area (Å²) in [6.45, 7) is 8.70. The molecular weight excluding hydrogens is 599 g/mol. The number of aryl methyl sites for hydroxylation is 2. The van der Waals surface area contributed by atoms with Crippen LogP contribution >= 0.6 is 17.0 Å². The zero-order valence-corrected chi connectivity index (χ0v) is 28.7. The van der Waals surface area contributed by atoms with E-state index in [1.54, 1.807) is 11.1 Å². The van der Waals surface area contributed by atoms with Crippen molar-refractivity contribution < 1.29 is 20.8 Å². The van der Waals surface area contributed by atoms with E-state index < -0.39 is 20.8 Å². The fourth-order valence-electron chi connectivity index (χ4n) is 6.36. The normalized spacial score (nSPS) is 15.9. The molecular formula is C34H44Cl2SiZr. The van der Waals surface area contributed by atoms with Crippen LogP contribution in [0.5, 0.6) is 0 Å². The summed E-state index contributed by atoms with van der Waals surface area (Å²) in [6, 6.07) is 23.0. The Morgan fingerprint density at radius 1 is 0.658 bits per heavy atom. The van der Waals surface area contributed by atoms with Crippen molar-refractivity contribution in [3.8, 4) is 0 Å². The second-order valence-electron chi connectivity index (χ2n) is 11.0. The first-order valence-electron chi connectivity index (χ1n) is 14.4. The number of halogens is 2. The van der Waals surface area contributed by atoms with Gasteiger partial charge in [0.15, 0.2) is 0 Å². The van der Waals surface area contributed by atoms with E-state index in [0.29, 0.717) is 0 Å². The van der Waals surface area contributed by atoms with Gasteiger partial charge >= 0.3 is 37.9 Å². The molecule has 0 bridgehead atoms. The Morgan fingerprint density at radius 3 is 1.34 bits per heavy atom. The summed E-state index contributed by atoms with van der Waals surface area (Å²) in [5.41, 5.74) is 6.01. The van der Waals surface area contributed by atoms with Gasteiger partial charge in [-0.3, -0.25) is 0 Å². The third-order valence-corrected chi connectivity index (χ3v) is 7.95. The van der Waals surface area contributed by atoms with Gasteiger partial charge in [0.1, 0.15) is 0 Å². The zero-order chi connectivity index (χ0) is 27.3. The van der Waals surface area contributed by atoms with Gasteiger partial charge in [0.25, 0.3) is 0 Å². The van der Waals surface area contributed by atoms with E-state index in [2.05, 4.69) is 87.6 Å². The van der Waals surface area contributed by atoms with Crippen molar-refractivity contribution in [2.45, 2.75) is 103 Å². The van der Waals surface area contributed by atoms with Crippen molar-refractivity contribution in [2.24, 2.45) is 0 Å². The summed E-state index contributed by atoms with van der Waals surface area (Å²) in [6.07, 6.45) is 14.1. The second-order valence-corrected chi connectivity index (χ2v) is 15.7. The van der Waals surface area contributed by atoms with Gasteiger partial charge in [-0.05, 0) is 37.5 Å². The van der Waals surface area contributed by atoms with E-state index in [1.807, 2.05) is 0 Å². The van der Waals surface area contributed by atoms with Gasteiger partial charge in [0, 0.05) is 9.52 Å². The molecule has 4 aromatic rings. The fourth-order valence-corrected chi connectivity index (χ4v) is 6.36. The van der Waals surface area contributed by atoms with E-state index in [-0.39, 0.29) is 0 Å². The number of benzene rings is 2. The van der Waals surface area contributed by atoms with Gasteiger partial charge in [-0.1, -0.05) is 88.7 Å². The zero-order valence-electron chi connectivity index (χ0n) is 23.8. The van der Waals surface area contributed by atoms with Gasteiger partial charge in [-0.25, -0.2) is 0 Å². The molecule has 2 radical (unpaired) electrons. The molecule has 0 saturated heterocycles. The fraction of sp³-hybridized carbons (Fsp3) is 0.471. The molecule has 2 saturated carbocycles. The Labute approximate surface area is 253 Å². The predicted molar refractivity (Wildman–Crippen MR) is 169 cm³/mol. The summed E-state index contributed by atoms with van der Waals surface area (Å²) >= 11 is -0.826. The summed E-state index contributed by atoms with van der Waals surface area (Å²) in [7, 11) is 11.0. The summed E-state index contributed by atoms with van der Waals surface area (Å²) in [5.74, 6) is 1.64. The predicted octanol–water partition coefficient (Wildman–Crippen LogP) is 12.0. The molecule has 2 aliphatic carbocycles. The van der Waals surface area contributed by atoms with Crippen LogP contribution in [-0.4, -0.2) is 9.52 Å². The van der Waals surface area contributed by atoms with E-state index in [9.17, 15) is 0 Å². The Bertz CT molecular complexity index is 1120. The van der Waals surface area contributed by atoms with Crippen LogP contribution < -0.4 is 0 Å². The summed E-state index contributed by atoms with van der Waals surface area (Å²) < 4.78 is 0. The van der Waals surface area contributed by atoms with E-state index in [4.69, 9.17) is 17.0 Å². The third kappa shape index (κ3) is 9.19. The minimum atomic E-state index is -0.826. The van der Waals surface area contributed by atoms with Crippen LogP contribution in [-0.2, 0) is 20.8 Å². The Balaban J connectivity index is 0.000000175. The number of fused-ring (bicyclic) bond motifs is 2. The Kier molecular flexibility index (Phi) is 14.4. The number of hydrogen-bond acceptors (Lipinski definition) is 0. The molecule has 0 amide bonds. The molecule has 0 N–H and O–H groups in total. The van der Waals surface area contributed by atoms with Crippen LogP contribution in [0.4, 0.5) is 0 Å². The molecule has 4 heteroatoms. The molecule has 0 unspecified atom stereocenters. The number of rotatable bonds is 2. The summed E-state index contributed by atoms with van der Waals surface area (Å²) in [5, 5.41) is 5.87. The SMILES string of the molecule is C[Si]C.Cc1cc2c(C3CCCCC3)cccc2[cH-]1.Cc1cc2c(C3CCCCC3)cccc2[cH-]1.[Cl][Zr+2][Cl]. The van der Waals surface area contributed by atoms with E-state index in [1.165, 1.54) is 96.9 Å². The molecule has 2 aliphatic rings. The maximum atomic E-state index is 4.93. The van der Waals surface area contributed by atoms with E-state index >= 15 is 0 Å². The minimum absolute atomic E-state index is 0.819.